The van der Waals surface area contributed by atoms with Crippen LogP contribution < -0.4 is 5.32 Å². The van der Waals surface area contributed by atoms with Gasteiger partial charge in [-0.1, -0.05) is 0 Å². The van der Waals surface area contributed by atoms with Crippen LogP contribution in [0.15, 0.2) is 4.99 Å². The summed E-state index contributed by atoms with van der Waals surface area (Å²) in [5, 5.41) is 2.68. The van der Waals surface area contributed by atoms with Crippen LogP contribution in [0.2, 0.25) is 0 Å². The summed E-state index contributed by atoms with van der Waals surface area (Å²) < 4.78 is 10.9. The molecule has 0 aromatic carbocycles. The van der Waals surface area contributed by atoms with Crippen LogP contribution in [-0.4, -0.2) is 42.1 Å². The third-order valence-electron chi connectivity index (χ3n) is 2.61. The zero-order valence-electron chi connectivity index (χ0n) is 14.2. The fourth-order valence-corrected chi connectivity index (χ4v) is 1.41. The summed E-state index contributed by atoms with van der Waals surface area (Å²) in [4.78, 5) is 25.6. The molecule has 6 nitrogen and oxygen atoms in total. The largest absolute Gasteiger partial charge is 0.444 e. The fourth-order valence-electron chi connectivity index (χ4n) is 1.41. The minimum atomic E-state index is -0.530. The summed E-state index contributed by atoms with van der Waals surface area (Å²) in [5.74, 6) is 0. The molecule has 122 valence electrons. The maximum Gasteiger partial charge on any atom is 0.407 e. The molecular formula is C15H28N2O4. The summed E-state index contributed by atoms with van der Waals surface area (Å²) in [6.07, 6.45) is 1.69. The number of carbonyl (C=O) groups is 1. The molecule has 0 aromatic rings. The molecule has 0 rings (SSSR count). The zero-order chi connectivity index (χ0) is 16.7. The van der Waals surface area contributed by atoms with Crippen LogP contribution in [0.5, 0.6) is 0 Å². The summed E-state index contributed by atoms with van der Waals surface area (Å²) in [6, 6.07) is 0. The minimum Gasteiger partial charge on any atom is -0.444 e. The van der Waals surface area contributed by atoms with Gasteiger partial charge in [-0.05, 0) is 54.9 Å². The molecule has 6 heteroatoms. The van der Waals surface area contributed by atoms with Gasteiger partial charge >= 0.3 is 6.09 Å². The van der Waals surface area contributed by atoms with E-state index >= 15 is 0 Å². The first-order valence-corrected chi connectivity index (χ1v) is 7.07. The second-order valence-electron chi connectivity index (χ2n) is 7.23. The monoisotopic (exact) mass is 300 g/mol. The molecular weight excluding hydrogens is 272 g/mol. The molecule has 0 radical (unpaired) electrons. The van der Waals surface area contributed by atoms with Crippen LogP contribution >= 0.6 is 0 Å². The van der Waals surface area contributed by atoms with Gasteiger partial charge in [0.05, 0.1) is 11.1 Å². The van der Waals surface area contributed by atoms with E-state index in [0.717, 1.165) is 0 Å². The van der Waals surface area contributed by atoms with Crippen LogP contribution in [0, 0.1) is 0 Å². The van der Waals surface area contributed by atoms with Crippen LogP contribution in [-0.2, 0) is 14.3 Å². The minimum absolute atomic E-state index is 0.333. The number of carbonyl (C=O) groups excluding carboxylic acids is 2. The zero-order valence-corrected chi connectivity index (χ0v) is 14.2. The molecule has 0 saturated carbocycles. The number of hydrogen-bond donors (Lipinski definition) is 1. The molecule has 0 aliphatic carbocycles. The summed E-state index contributed by atoms with van der Waals surface area (Å²) in [7, 11) is 0. The highest BCUT2D eigenvalue weighted by molar-refractivity contribution is 5.67. The maximum absolute atomic E-state index is 11.6. The Bertz CT molecular complexity index is 391. The predicted molar refractivity (Wildman–Crippen MR) is 81.1 cm³/mol. The molecule has 1 amide bonds. The average Bonchev–Trinajstić information content (AvgIpc) is 2.23. The van der Waals surface area contributed by atoms with Crippen molar-refractivity contribution in [3.63, 3.8) is 0 Å². The maximum atomic E-state index is 11.6. The van der Waals surface area contributed by atoms with Gasteiger partial charge in [0, 0.05) is 13.2 Å². The van der Waals surface area contributed by atoms with Gasteiger partial charge < -0.3 is 14.8 Å². The van der Waals surface area contributed by atoms with Crippen molar-refractivity contribution in [2.24, 2.45) is 4.99 Å². The van der Waals surface area contributed by atoms with Gasteiger partial charge in [0.25, 0.3) is 0 Å². The molecule has 21 heavy (non-hydrogen) atoms. The van der Waals surface area contributed by atoms with E-state index in [4.69, 9.17) is 9.47 Å². The Balaban J connectivity index is 4.15. The third-order valence-corrected chi connectivity index (χ3v) is 2.61. The summed E-state index contributed by atoms with van der Waals surface area (Å²) >= 11 is 0. The summed E-state index contributed by atoms with van der Waals surface area (Å²) in [5.41, 5.74) is -1.54. The summed E-state index contributed by atoms with van der Waals surface area (Å²) in [6.45, 7) is 13.6. The van der Waals surface area contributed by atoms with E-state index in [1.165, 1.54) is 0 Å². The lowest BCUT2D eigenvalue weighted by atomic mass is 10.0. The highest BCUT2D eigenvalue weighted by Crippen LogP contribution is 2.16. The van der Waals surface area contributed by atoms with Crippen molar-refractivity contribution in [3.8, 4) is 0 Å². The number of amides is 1. The van der Waals surface area contributed by atoms with Crippen molar-refractivity contribution in [2.75, 3.05) is 13.2 Å². The molecule has 0 unspecified atom stereocenters. The van der Waals surface area contributed by atoms with Gasteiger partial charge in [0.15, 0.2) is 0 Å². The first-order valence-electron chi connectivity index (χ1n) is 7.07. The van der Waals surface area contributed by atoms with Crippen LogP contribution in [0.25, 0.3) is 0 Å². The number of nitrogens with one attached hydrogen (secondary N) is 1. The Kier molecular flexibility index (Phi) is 7.07. The fraction of sp³-hybridized carbons (Fsp3) is 0.867. The van der Waals surface area contributed by atoms with Crippen LogP contribution in [0.3, 0.4) is 0 Å². The number of aliphatic imine (C=N–C) groups is 1. The molecule has 0 heterocycles. The van der Waals surface area contributed by atoms with E-state index in [-0.39, 0.29) is 0 Å². The van der Waals surface area contributed by atoms with E-state index in [0.29, 0.717) is 19.6 Å². The van der Waals surface area contributed by atoms with Crippen molar-refractivity contribution >= 4 is 12.2 Å². The van der Waals surface area contributed by atoms with E-state index in [9.17, 15) is 9.59 Å². The standard InChI is InChI=1S/C15H28N2O4/c1-13(2,3)21-12(19)16-10-15(6,7)20-9-8-14(4,5)17-11-18/h8-10H2,1-7H3,(H,16,19). The number of nitrogens with zero attached hydrogens (tertiary/aromatic N) is 1. The predicted octanol–water partition coefficient (Wildman–Crippen LogP) is 2.81. The Morgan fingerprint density at radius 2 is 1.71 bits per heavy atom. The second kappa shape index (κ2) is 7.57. The quantitative estimate of drug-likeness (QED) is 0.579. The Morgan fingerprint density at radius 3 is 2.19 bits per heavy atom. The van der Waals surface area contributed by atoms with E-state index in [1.54, 1.807) is 6.08 Å². The highest BCUT2D eigenvalue weighted by atomic mass is 16.6. The van der Waals surface area contributed by atoms with Crippen molar-refractivity contribution in [1.29, 1.82) is 0 Å². The van der Waals surface area contributed by atoms with Crippen molar-refractivity contribution in [3.05, 3.63) is 0 Å². The molecule has 0 atom stereocenters. The lowest BCUT2D eigenvalue weighted by molar-refractivity contribution is -0.0247. The van der Waals surface area contributed by atoms with Gasteiger partial charge in [-0.25, -0.2) is 9.59 Å². The van der Waals surface area contributed by atoms with E-state index in [1.807, 2.05) is 48.5 Å². The SMILES string of the molecule is CC(C)(CCOC(C)(C)CNC(=O)OC(C)(C)C)N=C=O. The van der Waals surface area contributed by atoms with Gasteiger partial charge in [0.2, 0.25) is 6.08 Å². The average molecular weight is 300 g/mol. The molecule has 0 aliphatic heterocycles. The van der Waals surface area contributed by atoms with E-state index < -0.39 is 22.8 Å². The topological polar surface area (TPSA) is 77.0 Å². The van der Waals surface area contributed by atoms with Gasteiger partial charge in [-0.15, -0.1) is 0 Å². The number of ether oxygens (including phenoxy) is 2. The van der Waals surface area contributed by atoms with Crippen molar-refractivity contribution in [1.82, 2.24) is 5.32 Å². The van der Waals surface area contributed by atoms with Gasteiger partial charge in [-0.3, -0.25) is 0 Å². The van der Waals surface area contributed by atoms with Crippen molar-refractivity contribution in [2.45, 2.75) is 71.6 Å². The molecule has 0 aliphatic rings. The van der Waals surface area contributed by atoms with Crippen LogP contribution in [0.1, 0.15) is 54.9 Å². The number of isocyanates is 1. The van der Waals surface area contributed by atoms with E-state index in [2.05, 4.69) is 10.3 Å². The molecule has 0 spiro atoms. The molecule has 0 bridgehead atoms. The first-order chi connectivity index (χ1) is 9.37. The van der Waals surface area contributed by atoms with Crippen LogP contribution in [0.4, 0.5) is 4.79 Å². The Labute approximate surface area is 127 Å². The molecule has 1 N–H and O–H groups in total. The number of hydrogen-bond acceptors (Lipinski definition) is 5. The molecule has 0 fully saturated rings. The number of rotatable bonds is 7. The van der Waals surface area contributed by atoms with Gasteiger partial charge in [0.1, 0.15) is 5.60 Å². The normalized spacial score (nSPS) is 12.5. The lowest BCUT2D eigenvalue weighted by Crippen LogP contribution is -2.43. The lowest BCUT2D eigenvalue weighted by Gasteiger charge is -2.28. The Morgan fingerprint density at radius 1 is 1.14 bits per heavy atom. The number of alkyl carbamates (subject to hydrolysis) is 1. The van der Waals surface area contributed by atoms with Gasteiger partial charge in [-0.2, -0.15) is 4.99 Å². The smallest absolute Gasteiger partial charge is 0.407 e. The third kappa shape index (κ3) is 11.0. The highest BCUT2D eigenvalue weighted by Gasteiger charge is 2.24. The molecule has 0 aromatic heterocycles. The Hall–Kier alpha value is -1.39. The van der Waals surface area contributed by atoms with Crippen molar-refractivity contribution < 1.29 is 19.1 Å². The first kappa shape index (κ1) is 19.6. The molecule has 0 saturated heterocycles. The second-order valence-corrected chi connectivity index (χ2v) is 7.23.